The molecule has 0 fully saturated rings. The van der Waals surface area contributed by atoms with Crippen molar-refractivity contribution in [1.29, 1.82) is 0 Å². The first-order valence-corrected chi connectivity index (χ1v) is 4.38. The van der Waals surface area contributed by atoms with Gasteiger partial charge in [-0.3, -0.25) is 0 Å². The van der Waals surface area contributed by atoms with Gasteiger partial charge in [0.05, 0.1) is 12.6 Å². The molecule has 0 unspecified atom stereocenters. The average Bonchev–Trinajstić information content (AvgIpc) is 2.18. The zero-order chi connectivity index (χ0) is 9.26. The highest BCUT2D eigenvalue weighted by atomic mass is 32.1. The Bertz CT molecular complexity index is 489. The minimum absolute atomic E-state index is 0.823. The van der Waals surface area contributed by atoms with Crippen LogP contribution in [0.1, 0.15) is 0 Å². The molecular weight excluding hydrogens is 182 g/mol. The lowest BCUT2D eigenvalue weighted by Gasteiger charge is -2.03. The molecule has 1 aromatic heterocycles. The van der Waals surface area contributed by atoms with Crippen LogP contribution in [-0.4, -0.2) is 12.1 Å². The molecule has 66 valence electrons. The van der Waals surface area contributed by atoms with Gasteiger partial charge in [-0.05, 0) is 12.1 Å². The molecule has 1 aromatic carbocycles. The van der Waals surface area contributed by atoms with Crippen molar-refractivity contribution in [3.63, 3.8) is 0 Å². The Labute approximate surface area is 81.2 Å². The van der Waals surface area contributed by atoms with E-state index in [-0.39, 0.29) is 0 Å². The number of benzene rings is 1. The maximum absolute atomic E-state index is 5.20. The van der Waals surface area contributed by atoms with Gasteiger partial charge in [-0.25, -0.2) is 0 Å². The number of rotatable bonds is 1. The van der Waals surface area contributed by atoms with Crippen LogP contribution in [0.5, 0.6) is 5.75 Å². The minimum Gasteiger partial charge on any atom is -0.495 e. The molecule has 0 amide bonds. The molecule has 0 saturated heterocycles. The smallest absolute Gasteiger partial charge is 0.142 e. The second-order valence-corrected chi connectivity index (χ2v) is 3.16. The van der Waals surface area contributed by atoms with Crippen LogP contribution in [0, 0.1) is 4.51 Å². The van der Waals surface area contributed by atoms with Crippen LogP contribution < -0.4 is 4.74 Å². The molecule has 0 saturated carbocycles. The lowest BCUT2D eigenvalue weighted by atomic mass is 10.2. The van der Waals surface area contributed by atoms with Gasteiger partial charge in [0.25, 0.3) is 0 Å². The van der Waals surface area contributed by atoms with E-state index in [0.717, 1.165) is 21.2 Å². The van der Waals surface area contributed by atoms with Crippen molar-refractivity contribution in [2.45, 2.75) is 0 Å². The third kappa shape index (κ3) is 1.31. The number of fused-ring (bicyclic) bond motifs is 1. The molecule has 0 spiro atoms. The highest BCUT2D eigenvalue weighted by Gasteiger charge is 2.00. The van der Waals surface area contributed by atoms with Crippen LogP contribution in [0.4, 0.5) is 0 Å². The Morgan fingerprint density at radius 1 is 1.31 bits per heavy atom. The van der Waals surface area contributed by atoms with E-state index in [1.165, 1.54) is 0 Å². The SMILES string of the molecule is COc1cccc2c(=S)cc[nH]c12. The molecule has 0 aliphatic rings. The van der Waals surface area contributed by atoms with Crippen molar-refractivity contribution in [2.75, 3.05) is 7.11 Å². The van der Waals surface area contributed by atoms with Gasteiger partial charge in [0.2, 0.25) is 0 Å². The van der Waals surface area contributed by atoms with Crippen molar-refractivity contribution in [3.8, 4) is 5.75 Å². The summed E-state index contributed by atoms with van der Waals surface area (Å²) >= 11 is 5.19. The summed E-state index contributed by atoms with van der Waals surface area (Å²) in [5.41, 5.74) is 0.956. The molecule has 0 aliphatic carbocycles. The molecular formula is C10H9NOS. The quantitative estimate of drug-likeness (QED) is 0.701. The number of hydrogen-bond acceptors (Lipinski definition) is 2. The molecule has 1 heterocycles. The van der Waals surface area contributed by atoms with E-state index in [9.17, 15) is 0 Å². The summed E-state index contributed by atoms with van der Waals surface area (Å²) in [6, 6.07) is 7.70. The number of pyridine rings is 1. The van der Waals surface area contributed by atoms with Gasteiger partial charge in [0.1, 0.15) is 5.75 Å². The summed E-state index contributed by atoms with van der Waals surface area (Å²) in [5, 5.41) is 1.02. The lowest BCUT2D eigenvalue weighted by Crippen LogP contribution is -1.86. The summed E-state index contributed by atoms with van der Waals surface area (Å²) in [7, 11) is 1.65. The first-order chi connectivity index (χ1) is 6.33. The van der Waals surface area contributed by atoms with Crippen LogP contribution in [0.3, 0.4) is 0 Å². The number of H-pyrrole nitrogens is 1. The van der Waals surface area contributed by atoms with Crippen molar-refractivity contribution in [2.24, 2.45) is 0 Å². The molecule has 0 radical (unpaired) electrons. The number of ether oxygens (including phenoxy) is 1. The molecule has 2 nitrogen and oxygen atoms in total. The average molecular weight is 191 g/mol. The van der Waals surface area contributed by atoms with E-state index < -0.39 is 0 Å². The highest BCUT2D eigenvalue weighted by molar-refractivity contribution is 7.71. The fraction of sp³-hybridized carbons (Fsp3) is 0.100. The maximum atomic E-state index is 5.20. The summed E-state index contributed by atoms with van der Waals surface area (Å²) in [5.74, 6) is 0.823. The summed E-state index contributed by atoms with van der Waals surface area (Å²) in [6.45, 7) is 0. The molecule has 0 bridgehead atoms. The summed E-state index contributed by atoms with van der Waals surface area (Å²) in [6.07, 6.45) is 1.83. The van der Waals surface area contributed by atoms with Crippen LogP contribution >= 0.6 is 12.2 Å². The van der Waals surface area contributed by atoms with E-state index in [1.54, 1.807) is 7.11 Å². The van der Waals surface area contributed by atoms with Crippen LogP contribution in [0.25, 0.3) is 10.9 Å². The van der Waals surface area contributed by atoms with Crippen molar-refractivity contribution < 1.29 is 4.74 Å². The van der Waals surface area contributed by atoms with Gasteiger partial charge in [-0.2, -0.15) is 0 Å². The fourth-order valence-corrected chi connectivity index (χ4v) is 1.58. The molecule has 2 aromatic rings. The predicted molar refractivity (Wildman–Crippen MR) is 55.7 cm³/mol. The maximum Gasteiger partial charge on any atom is 0.142 e. The highest BCUT2D eigenvalue weighted by Crippen LogP contribution is 2.23. The van der Waals surface area contributed by atoms with Crippen molar-refractivity contribution in [3.05, 3.63) is 35.0 Å². The third-order valence-corrected chi connectivity index (χ3v) is 2.33. The summed E-state index contributed by atoms with van der Waals surface area (Å²) < 4.78 is 6.05. The first kappa shape index (κ1) is 8.26. The normalized spacial score (nSPS) is 10.2. The Morgan fingerprint density at radius 3 is 2.92 bits per heavy atom. The zero-order valence-electron chi connectivity index (χ0n) is 7.20. The number of aromatic nitrogens is 1. The molecule has 1 N–H and O–H groups in total. The molecule has 3 heteroatoms. The van der Waals surface area contributed by atoms with Crippen molar-refractivity contribution >= 4 is 23.1 Å². The van der Waals surface area contributed by atoms with Crippen LogP contribution in [0.15, 0.2) is 30.5 Å². The zero-order valence-corrected chi connectivity index (χ0v) is 8.02. The standard InChI is InChI=1S/C10H9NOS/c1-12-8-4-2-3-7-9(13)5-6-11-10(7)8/h2-6H,1H3,(H,11,13). The third-order valence-electron chi connectivity index (χ3n) is 1.97. The van der Waals surface area contributed by atoms with Gasteiger partial charge in [0, 0.05) is 16.1 Å². The van der Waals surface area contributed by atoms with E-state index >= 15 is 0 Å². The molecule has 2 rings (SSSR count). The van der Waals surface area contributed by atoms with Gasteiger partial charge in [0.15, 0.2) is 0 Å². The Kier molecular flexibility index (Phi) is 2.02. The monoisotopic (exact) mass is 191 g/mol. The Balaban J connectivity index is 2.92. The first-order valence-electron chi connectivity index (χ1n) is 3.97. The number of para-hydroxylation sites is 1. The number of nitrogens with one attached hydrogen (secondary N) is 1. The van der Waals surface area contributed by atoms with Gasteiger partial charge >= 0.3 is 0 Å². The minimum atomic E-state index is 0.823. The molecule has 0 aliphatic heterocycles. The largest absolute Gasteiger partial charge is 0.495 e. The van der Waals surface area contributed by atoms with Gasteiger partial charge in [-0.15, -0.1) is 0 Å². The Morgan fingerprint density at radius 2 is 2.15 bits per heavy atom. The fourth-order valence-electron chi connectivity index (χ4n) is 1.35. The van der Waals surface area contributed by atoms with E-state index in [4.69, 9.17) is 17.0 Å². The van der Waals surface area contributed by atoms with Crippen molar-refractivity contribution in [1.82, 2.24) is 4.98 Å². The number of hydrogen-bond donors (Lipinski definition) is 1. The topological polar surface area (TPSA) is 25.0 Å². The van der Waals surface area contributed by atoms with E-state index in [0.29, 0.717) is 0 Å². The molecule has 0 atom stereocenters. The van der Waals surface area contributed by atoms with E-state index in [2.05, 4.69) is 4.98 Å². The number of methoxy groups -OCH3 is 1. The second-order valence-electron chi connectivity index (χ2n) is 2.72. The Hall–Kier alpha value is -1.35. The van der Waals surface area contributed by atoms with Crippen LogP contribution in [0.2, 0.25) is 0 Å². The van der Waals surface area contributed by atoms with Gasteiger partial charge in [-0.1, -0.05) is 24.4 Å². The van der Waals surface area contributed by atoms with Gasteiger partial charge < -0.3 is 9.72 Å². The predicted octanol–water partition coefficient (Wildman–Crippen LogP) is 2.91. The lowest BCUT2D eigenvalue weighted by molar-refractivity contribution is 0.419. The van der Waals surface area contributed by atoms with E-state index in [1.807, 2.05) is 30.5 Å². The molecule has 13 heavy (non-hydrogen) atoms. The number of aromatic amines is 1. The second kappa shape index (κ2) is 3.18. The summed E-state index contributed by atoms with van der Waals surface area (Å²) in [4.78, 5) is 3.12. The van der Waals surface area contributed by atoms with Crippen LogP contribution in [-0.2, 0) is 0 Å².